The highest BCUT2D eigenvalue weighted by Crippen LogP contribution is 2.15. The first-order valence-electron chi connectivity index (χ1n) is 6.63. The van der Waals surface area contributed by atoms with Crippen LogP contribution in [-0.4, -0.2) is 17.8 Å². The zero-order chi connectivity index (χ0) is 12.7. The van der Waals surface area contributed by atoms with Gasteiger partial charge in [0.15, 0.2) is 0 Å². The molecule has 2 heteroatoms. The Morgan fingerprint density at radius 2 is 1.82 bits per heavy atom. The highest BCUT2D eigenvalue weighted by atomic mass is 16.3. The average molecular weight is 235 g/mol. The zero-order valence-corrected chi connectivity index (χ0v) is 11.2. The van der Waals surface area contributed by atoms with Gasteiger partial charge in [-0.3, -0.25) is 0 Å². The van der Waals surface area contributed by atoms with Gasteiger partial charge in [-0.2, -0.15) is 0 Å². The second kappa shape index (κ2) is 7.46. The van der Waals surface area contributed by atoms with Crippen LogP contribution in [0.25, 0.3) is 0 Å². The van der Waals surface area contributed by atoms with Gasteiger partial charge in [0, 0.05) is 12.1 Å². The molecule has 2 atom stereocenters. The van der Waals surface area contributed by atoms with Crippen LogP contribution in [0.4, 0.5) is 0 Å². The molecule has 0 heterocycles. The maximum atomic E-state index is 9.01. The first-order chi connectivity index (χ1) is 8.17. The van der Waals surface area contributed by atoms with E-state index < -0.39 is 0 Å². The van der Waals surface area contributed by atoms with E-state index in [1.54, 1.807) is 0 Å². The van der Waals surface area contributed by atoms with Crippen LogP contribution in [0.15, 0.2) is 24.3 Å². The summed E-state index contributed by atoms with van der Waals surface area (Å²) in [5, 5.41) is 12.4. The minimum atomic E-state index is 0.143. The van der Waals surface area contributed by atoms with Gasteiger partial charge in [0.05, 0.1) is 6.61 Å². The molecule has 0 aliphatic heterocycles. The molecule has 1 aromatic rings. The summed E-state index contributed by atoms with van der Waals surface area (Å²) in [6.07, 6.45) is 3.67. The largest absolute Gasteiger partial charge is 0.395 e. The molecular formula is C15H25NO. The number of unbranched alkanes of at least 4 members (excludes halogenated alkanes) is 1. The van der Waals surface area contributed by atoms with E-state index in [-0.39, 0.29) is 18.7 Å². The lowest BCUT2D eigenvalue weighted by Gasteiger charge is -2.18. The van der Waals surface area contributed by atoms with Crippen molar-refractivity contribution in [3.63, 3.8) is 0 Å². The number of aliphatic hydroxyl groups is 1. The molecule has 0 aliphatic rings. The molecule has 1 aromatic carbocycles. The number of nitrogens with one attached hydrogen (secondary N) is 1. The van der Waals surface area contributed by atoms with E-state index >= 15 is 0 Å². The van der Waals surface area contributed by atoms with Crippen LogP contribution in [-0.2, 0) is 6.42 Å². The number of hydrogen-bond acceptors (Lipinski definition) is 2. The van der Waals surface area contributed by atoms with Crippen LogP contribution >= 0.6 is 0 Å². The molecule has 0 saturated carbocycles. The lowest BCUT2D eigenvalue weighted by Crippen LogP contribution is -2.31. The fourth-order valence-corrected chi connectivity index (χ4v) is 1.93. The lowest BCUT2D eigenvalue weighted by atomic mass is 10.0. The van der Waals surface area contributed by atoms with E-state index in [9.17, 15) is 0 Å². The minimum absolute atomic E-state index is 0.143. The normalized spacial score (nSPS) is 14.6. The predicted octanol–water partition coefficient (Wildman–Crippen LogP) is 3.06. The molecule has 96 valence electrons. The summed E-state index contributed by atoms with van der Waals surface area (Å²) in [6, 6.07) is 9.24. The Bertz CT molecular complexity index is 307. The molecule has 17 heavy (non-hydrogen) atoms. The molecule has 0 aromatic heterocycles. The second-order valence-electron chi connectivity index (χ2n) is 4.82. The monoisotopic (exact) mass is 235 g/mol. The van der Waals surface area contributed by atoms with Gasteiger partial charge < -0.3 is 10.4 Å². The molecule has 0 aliphatic carbocycles. The summed E-state index contributed by atoms with van der Waals surface area (Å²) in [5.74, 6) is 0. The molecule has 0 radical (unpaired) electrons. The summed E-state index contributed by atoms with van der Waals surface area (Å²) in [4.78, 5) is 0. The van der Waals surface area contributed by atoms with Gasteiger partial charge in [0.2, 0.25) is 0 Å². The van der Waals surface area contributed by atoms with Crippen LogP contribution in [0.3, 0.4) is 0 Å². The van der Waals surface area contributed by atoms with Gasteiger partial charge in [0.25, 0.3) is 0 Å². The van der Waals surface area contributed by atoms with Crippen molar-refractivity contribution in [2.45, 2.75) is 52.1 Å². The van der Waals surface area contributed by atoms with Crippen LogP contribution in [0, 0.1) is 0 Å². The van der Waals surface area contributed by atoms with Gasteiger partial charge in [-0.25, -0.2) is 0 Å². The summed E-state index contributed by atoms with van der Waals surface area (Å²) in [7, 11) is 0. The summed E-state index contributed by atoms with van der Waals surface area (Å²) < 4.78 is 0. The van der Waals surface area contributed by atoms with Crippen molar-refractivity contribution < 1.29 is 5.11 Å². The first kappa shape index (κ1) is 14.2. The molecule has 2 nitrogen and oxygen atoms in total. The number of benzene rings is 1. The molecule has 0 fully saturated rings. The van der Waals surface area contributed by atoms with E-state index in [0.717, 1.165) is 0 Å². The number of rotatable bonds is 7. The fraction of sp³-hybridized carbons (Fsp3) is 0.600. The van der Waals surface area contributed by atoms with E-state index in [0.29, 0.717) is 0 Å². The van der Waals surface area contributed by atoms with E-state index in [1.165, 1.54) is 30.4 Å². The molecule has 0 spiro atoms. The average Bonchev–Trinajstić information content (AvgIpc) is 2.36. The maximum Gasteiger partial charge on any atom is 0.0582 e. The van der Waals surface area contributed by atoms with Crippen LogP contribution in [0.1, 0.15) is 50.8 Å². The third kappa shape index (κ3) is 4.88. The van der Waals surface area contributed by atoms with E-state index in [1.807, 2.05) is 6.92 Å². The van der Waals surface area contributed by atoms with Crippen molar-refractivity contribution in [1.29, 1.82) is 0 Å². The molecule has 1 unspecified atom stereocenters. The minimum Gasteiger partial charge on any atom is -0.395 e. The highest BCUT2D eigenvalue weighted by Gasteiger charge is 2.08. The molecular weight excluding hydrogens is 210 g/mol. The summed E-state index contributed by atoms with van der Waals surface area (Å²) >= 11 is 0. The van der Waals surface area contributed by atoms with Gasteiger partial charge >= 0.3 is 0 Å². The van der Waals surface area contributed by atoms with Crippen LogP contribution < -0.4 is 5.32 Å². The lowest BCUT2D eigenvalue weighted by molar-refractivity contribution is 0.243. The van der Waals surface area contributed by atoms with Crippen LogP contribution in [0.2, 0.25) is 0 Å². The summed E-state index contributed by atoms with van der Waals surface area (Å²) in [6.45, 7) is 6.52. The van der Waals surface area contributed by atoms with Crippen molar-refractivity contribution >= 4 is 0 Å². The first-order valence-corrected chi connectivity index (χ1v) is 6.63. The Morgan fingerprint density at radius 3 is 2.35 bits per heavy atom. The Morgan fingerprint density at radius 1 is 1.18 bits per heavy atom. The molecule has 0 amide bonds. The predicted molar refractivity (Wildman–Crippen MR) is 73.2 cm³/mol. The molecule has 0 saturated heterocycles. The fourth-order valence-electron chi connectivity index (χ4n) is 1.93. The Kier molecular flexibility index (Phi) is 6.23. The molecule has 1 rings (SSSR count). The van der Waals surface area contributed by atoms with E-state index in [2.05, 4.69) is 43.4 Å². The third-order valence-electron chi connectivity index (χ3n) is 3.11. The highest BCUT2D eigenvalue weighted by molar-refractivity contribution is 5.24. The van der Waals surface area contributed by atoms with Crippen molar-refractivity contribution in [1.82, 2.24) is 5.32 Å². The number of aliphatic hydroxyl groups excluding tert-OH is 1. The summed E-state index contributed by atoms with van der Waals surface area (Å²) in [5.41, 5.74) is 2.70. The van der Waals surface area contributed by atoms with Crippen molar-refractivity contribution in [2.75, 3.05) is 6.61 Å². The SMILES string of the molecule is CCCCc1ccc(C(C)N[C@H](C)CO)cc1. The zero-order valence-electron chi connectivity index (χ0n) is 11.2. The van der Waals surface area contributed by atoms with Crippen molar-refractivity contribution in [3.05, 3.63) is 35.4 Å². The van der Waals surface area contributed by atoms with Gasteiger partial charge in [0.1, 0.15) is 0 Å². The second-order valence-corrected chi connectivity index (χ2v) is 4.82. The van der Waals surface area contributed by atoms with E-state index in [4.69, 9.17) is 5.11 Å². The maximum absolute atomic E-state index is 9.01. The van der Waals surface area contributed by atoms with Gasteiger partial charge in [-0.1, -0.05) is 37.6 Å². The van der Waals surface area contributed by atoms with Crippen molar-refractivity contribution in [2.24, 2.45) is 0 Å². The molecule has 2 N–H and O–H groups in total. The van der Waals surface area contributed by atoms with Crippen molar-refractivity contribution in [3.8, 4) is 0 Å². The third-order valence-corrected chi connectivity index (χ3v) is 3.11. The smallest absolute Gasteiger partial charge is 0.0582 e. The number of hydrogen-bond donors (Lipinski definition) is 2. The van der Waals surface area contributed by atoms with Gasteiger partial charge in [-0.15, -0.1) is 0 Å². The number of aryl methyl sites for hydroxylation is 1. The quantitative estimate of drug-likeness (QED) is 0.761. The Balaban J connectivity index is 2.54. The van der Waals surface area contributed by atoms with Gasteiger partial charge in [-0.05, 0) is 37.8 Å². The Labute approximate surface area is 105 Å². The standard InChI is InChI=1S/C15H25NO/c1-4-5-6-14-7-9-15(10-8-14)13(3)16-12(2)11-17/h7-10,12-13,16-17H,4-6,11H2,1-3H3/t12-,13?/m1/s1. The van der Waals surface area contributed by atoms with Crippen LogP contribution in [0.5, 0.6) is 0 Å². The molecule has 0 bridgehead atoms. The Hall–Kier alpha value is -0.860. The topological polar surface area (TPSA) is 32.3 Å².